The second kappa shape index (κ2) is 7.01. The average molecular weight is 416 g/mol. The van der Waals surface area contributed by atoms with Gasteiger partial charge in [-0.25, -0.2) is 9.97 Å². The van der Waals surface area contributed by atoms with Crippen LogP contribution in [0.5, 0.6) is 0 Å². The van der Waals surface area contributed by atoms with Gasteiger partial charge in [0.05, 0.1) is 16.6 Å². The van der Waals surface area contributed by atoms with Gasteiger partial charge < -0.3 is 9.84 Å². The molecule has 31 heavy (non-hydrogen) atoms. The number of anilines is 1. The molecule has 1 fully saturated rings. The molecule has 1 aliphatic rings. The first kappa shape index (κ1) is 19.4. The fourth-order valence-corrected chi connectivity index (χ4v) is 3.59. The molecule has 4 aromatic heterocycles. The number of carbonyl (C=O) groups is 1. The molecule has 0 aliphatic heterocycles. The minimum Gasteiger partial charge on any atom is -0.359 e. The zero-order chi connectivity index (χ0) is 21.8. The van der Waals surface area contributed by atoms with Gasteiger partial charge in [0.1, 0.15) is 5.76 Å². The van der Waals surface area contributed by atoms with Crippen LogP contribution in [-0.2, 0) is 5.41 Å². The predicted molar refractivity (Wildman–Crippen MR) is 117 cm³/mol. The molecule has 1 aliphatic carbocycles. The van der Waals surface area contributed by atoms with Crippen LogP contribution < -0.4 is 5.32 Å². The van der Waals surface area contributed by atoms with Crippen LogP contribution >= 0.6 is 0 Å². The van der Waals surface area contributed by atoms with Gasteiger partial charge in [-0.2, -0.15) is 9.78 Å². The second-order valence-electron chi connectivity index (χ2n) is 9.03. The third kappa shape index (κ3) is 3.58. The van der Waals surface area contributed by atoms with E-state index >= 15 is 0 Å². The molecule has 5 rings (SSSR count). The zero-order valence-corrected chi connectivity index (χ0v) is 18.0. The van der Waals surface area contributed by atoms with Gasteiger partial charge >= 0.3 is 0 Å². The van der Waals surface area contributed by atoms with Crippen LogP contribution in [0, 0.1) is 6.92 Å². The van der Waals surface area contributed by atoms with Gasteiger partial charge in [-0.3, -0.25) is 4.79 Å². The number of amides is 1. The highest BCUT2D eigenvalue weighted by Crippen LogP contribution is 2.40. The molecule has 8 nitrogen and oxygen atoms in total. The molecule has 1 N–H and O–H groups in total. The minimum atomic E-state index is -0.258. The first-order chi connectivity index (χ1) is 14.8. The molecule has 4 heterocycles. The number of rotatable bonds is 4. The minimum absolute atomic E-state index is 0.195. The van der Waals surface area contributed by atoms with E-state index < -0.39 is 0 Å². The molecular weight excluding hydrogens is 392 g/mol. The third-order valence-corrected chi connectivity index (χ3v) is 5.43. The topological polar surface area (TPSA) is 98.7 Å². The predicted octanol–water partition coefficient (Wildman–Crippen LogP) is 4.54. The van der Waals surface area contributed by atoms with E-state index in [1.807, 2.05) is 52.0 Å². The summed E-state index contributed by atoms with van der Waals surface area (Å²) in [7, 11) is 0. The van der Waals surface area contributed by atoms with Crippen molar-refractivity contribution in [3.8, 4) is 5.82 Å². The maximum Gasteiger partial charge on any atom is 0.257 e. The van der Waals surface area contributed by atoms with Crippen molar-refractivity contribution in [1.82, 2.24) is 24.9 Å². The molecule has 4 aromatic rings. The van der Waals surface area contributed by atoms with Crippen molar-refractivity contribution in [2.24, 2.45) is 0 Å². The maximum absolute atomic E-state index is 13.3. The van der Waals surface area contributed by atoms with E-state index in [0.29, 0.717) is 39.9 Å². The Balaban J connectivity index is 1.60. The Morgan fingerprint density at radius 3 is 2.68 bits per heavy atom. The summed E-state index contributed by atoms with van der Waals surface area (Å²) < 4.78 is 7.12. The molecular formula is C23H24N6O2. The summed E-state index contributed by atoms with van der Waals surface area (Å²) in [5.41, 5.74) is 2.61. The fraction of sp³-hybridized carbons (Fsp3) is 0.348. The van der Waals surface area contributed by atoms with E-state index in [2.05, 4.69) is 20.6 Å². The lowest BCUT2D eigenvalue weighted by molar-refractivity contribution is 0.102. The molecule has 0 spiro atoms. The molecule has 1 amide bonds. The van der Waals surface area contributed by atoms with Crippen molar-refractivity contribution >= 4 is 22.8 Å². The van der Waals surface area contributed by atoms with Gasteiger partial charge in [0.15, 0.2) is 17.3 Å². The number of aromatic nitrogens is 5. The Morgan fingerprint density at radius 1 is 1.23 bits per heavy atom. The maximum atomic E-state index is 13.3. The lowest BCUT2D eigenvalue weighted by Crippen LogP contribution is -2.14. The Bertz CT molecular complexity index is 1280. The molecule has 0 aromatic carbocycles. The SMILES string of the molecule is Cc1nn(-c2ccccn2)c2nc(C3CC3)cc(C(=O)Nc3cc(C(C)(C)C)on3)c12. The van der Waals surface area contributed by atoms with Gasteiger partial charge in [-0.1, -0.05) is 32.0 Å². The molecule has 0 radical (unpaired) electrons. The highest BCUT2D eigenvalue weighted by atomic mass is 16.5. The normalized spacial score (nSPS) is 14.2. The van der Waals surface area contributed by atoms with Crippen LogP contribution in [0.4, 0.5) is 5.82 Å². The van der Waals surface area contributed by atoms with E-state index in [1.165, 1.54) is 0 Å². The Kier molecular flexibility index (Phi) is 4.39. The van der Waals surface area contributed by atoms with Crippen molar-refractivity contribution in [2.45, 2.75) is 51.9 Å². The van der Waals surface area contributed by atoms with Crippen molar-refractivity contribution in [2.75, 3.05) is 5.32 Å². The number of carbonyl (C=O) groups excluding carboxylic acids is 1. The lowest BCUT2D eigenvalue weighted by Gasteiger charge is -2.12. The van der Waals surface area contributed by atoms with E-state index in [4.69, 9.17) is 9.51 Å². The van der Waals surface area contributed by atoms with E-state index in [0.717, 1.165) is 24.2 Å². The van der Waals surface area contributed by atoms with Gasteiger partial charge in [0.25, 0.3) is 5.91 Å². The van der Waals surface area contributed by atoms with E-state index in [-0.39, 0.29) is 11.3 Å². The summed E-state index contributed by atoms with van der Waals surface area (Å²) in [5.74, 6) is 1.89. The lowest BCUT2D eigenvalue weighted by atomic mass is 9.93. The number of hydrogen-bond acceptors (Lipinski definition) is 6. The van der Waals surface area contributed by atoms with Crippen molar-refractivity contribution < 1.29 is 9.32 Å². The van der Waals surface area contributed by atoms with Gasteiger partial charge in [0.2, 0.25) is 0 Å². The fourth-order valence-electron chi connectivity index (χ4n) is 3.59. The Labute approximate surface area is 179 Å². The zero-order valence-electron chi connectivity index (χ0n) is 18.0. The Morgan fingerprint density at radius 2 is 2.03 bits per heavy atom. The smallest absolute Gasteiger partial charge is 0.257 e. The van der Waals surface area contributed by atoms with Crippen LogP contribution in [0.3, 0.4) is 0 Å². The first-order valence-electron chi connectivity index (χ1n) is 10.4. The number of nitrogens with one attached hydrogen (secondary N) is 1. The van der Waals surface area contributed by atoms with Crippen LogP contribution in [0.15, 0.2) is 41.1 Å². The number of fused-ring (bicyclic) bond motifs is 1. The summed E-state index contributed by atoms with van der Waals surface area (Å²) in [6.07, 6.45) is 3.87. The van der Waals surface area contributed by atoms with Crippen molar-refractivity contribution in [1.29, 1.82) is 0 Å². The van der Waals surface area contributed by atoms with Crippen LogP contribution in [0.1, 0.15) is 67.0 Å². The monoisotopic (exact) mass is 416 g/mol. The summed E-state index contributed by atoms with van der Waals surface area (Å²) in [6.45, 7) is 7.97. The molecule has 1 saturated carbocycles. The highest BCUT2D eigenvalue weighted by molar-refractivity contribution is 6.12. The van der Waals surface area contributed by atoms with Gasteiger partial charge in [-0.15, -0.1) is 0 Å². The molecule has 8 heteroatoms. The summed E-state index contributed by atoms with van der Waals surface area (Å²) in [4.78, 5) is 22.6. The summed E-state index contributed by atoms with van der Waals surface area (Å²) in [5, 5.41) is 12.3. The standard InChI is InChI=1S/C23H24N6O2/c1-13-20-15(22(30)26-18-12-17(31-28-18)23(2,3)4)11-16(14-8-9-14)25-21(20)29(27-13)19-7-5-6-10-24-19/h5-7,10-12,14H,8-9H2,1-4H3,(H,26,28,30). The number of nitrogens with zero attached hydrogens (tertiary/aromatic N) is 5. The molecule has 0 atom stereocenters. The number of hydrogen-bond donors (Lipinski definition) is 1. The Hall–Kier alpha value is -3.55. The van der Waals surface area contributed by atoms with E-state index in [1.54, 1.807) is 16.9 Å². The first-order valence-corrected chi connectivity index (χ1v) is 10.4. The van der Waals surface area contributed by atoms with Crippen LogP contribution in [0.25, 0.3) is 16.9 Å². The summed E-state index contributed by atoms with van der Waals surface area (Å²) >= 11 is 0. The van der Waals surface area contributed by atoms with Gasteiger partial charge in [-0.05, 0) is 38.0 Å². The molecule has 0 saturated heterocycles. The van der Waals surface area contributed by atoms with Crippen LogP contribution in [0.2, 0.25) is 0 Å². The average Bonchev–Trinajstić information content (AvgIpc) is 3.39. The second-order valence-corrected chi connectivity index (χ2v) is 9.03. The van der Waals surface area contributed by atoms with Gasteiger partial charge in [0, 0.05) is 29.3 Å². The van der Waals surface area contributed by atoms with Crippen molar-refractivity contribution in [3.63, 3.8) is 0 Å². The van der Waals surface area contributed by atoms with E-state index in [9.17, 15) is 4.79 Å². The molecule has 0 unspecified atom stereocenters. The van der Waals surface area contributed by atoms with Crippen LogP contribution in [-0.4, -0.2) is 30.8 Å². The number of pyridine rings is 2. The number of aryl methyl sites for hydroxylation is 1. The quantitative estimate of drug-likeness (QED) is 0.524. The summed E-state index contributed by atoms with van der Waals surface area (Å²) in [6, 6.07) is 9.29. The largest absolute Gasteiger partial charge is 0.359 e. The highest BCUT2D eigenvalue weighted by Gasteiger charge is 2.29. The third-order valence-electron chi connectivity index (χ3n) is 5.43. The van der Waals surface area contributed by atoms with Crippen molar-refractivity contribution in [3.05, 3.63) is 59.2 Å². The molecule has 0 bridgehead atoms. The molecule has 158 valence electrons.